The van der Waals surface area contributed by atoms with E-state index in [0.717, 1.165) is 12.1 Å². The summed E-state index contributed by atoms with van der Waals surface area (Å²) in [6.45, 7) is 0. The summed E-state index contributed by atoms with van der Waals surface area (Å²) in [5.41, 5.74) is 4.15. The molecule has 1 rings (SSSR count). The fourth-order valence-corrected chi connectivity index (χ4v) is 1.40. The Labute approximate surface area is 101 Å². The van der Waals surface area contributed by atoms with Gasteiger partial charge in [-0.15, -0.1) is 0 Å². The monoisotopic (exact) mass is 254 g/mol. The molecule has 0 aliphatic heterocycles. The van der Waals surface area contributed by atoms with Crippen molar-refractivity contribution < 1.29 is 24.7 Å². The SMILES string of the molecule is N[C@@H](CC(=O)O)C(=O)c1cccc(O)c1[N+](=O)[O-]. The molecular weight excluding hydrogens is 244 g/mol. The number of ketones is 1. The van der Waals surface area contributed by atoms with Gasteiger partial charge in [-0.1, -0.05) is 6.07 Å². The Balaban J connectivity index is 3.17. The van der Waals surface area contributed by atoms with Crippen LogP contribution in [0.25, 0.3) is 0 Å². The summed E-state index contributed by atoms with van der Waals surface area (Å²) in [5.74, 6) is -2.87. The van der Waals surface area contributed by atoms with Gasteiger partial charge in [0.05, 0.1) is 17.4 Å². The van der Waals surface area contributed by atoms with Crippen LogP contribution in [0.3, 0.4) is 0 Å². The number of carboxylic acids is 1. The van der Waals surface area contributed by atoms with Crippen LogP contribution < -0.4 is 5.73 Å². The molecule has 0 saturated carbocycles. The Hall–Kier alpha value is -2.48. The Morgan fingerprint density at radius 2 is 2.06 bits per heavy atom. The molecule has 1 aromatic rings. The zero-order valence-electron chi connectivity index (χ0n) is 9.07. The first kappa shape index (κ1) is 13.6. The van der Waals surface area contributed by atoms with Crippen molar-refractivity contribution in [3.05, 3.63) is 33.9 Å². The van der Waals surface area contributed by atoms with Crippen molar-refractivity contribution in [2.24, 2.45) is 5.73 Å². The van der Waals surface area contributed by atoms with Gasteiger partial charge in [-0.25, -0.2) is 0 Å². The van der Waals surface area contributed by atoms with E-state index in [-0.39, 0.29) is 0 Å². The maximum atomic E-state index is 11.8. The number of nitrogens with zero attached hydrogens (tertiary/aromatic N) is 1. The second-order valence-electron chi connectivity index (χ2n) is 3.50. The molecule has 0 saturated heterocycles. The highest BCUT2D eigenvalue weighted by Gasteiger charge is 2.28. The van der Waals surface area contributed by atoms with Crippen LogP contribution >= 0.6 is 0 Å². The van der Waals surface area contributed by atoms with Gasteiger partial charge >= 0.3 is 11.7 Å². The highest BCUT2D eigenvalue weighted by Crippen LogP contribution is 2.30. The third-order valence-electron chi connectivity index (χ3n) is 2.19. The first-order valence-electron chi connectivity index (χ1n) is 4.82. The summed E-state index contributed by atoms with van der Waals surface area (Å²) in [5, 5.41) is 28.5. The number of carboxylic acid groups (broad SMARTS) is 1. The third kappa shape index (κ3) is 2.80. The van der Waals surface area contributed by atoms with Crippen LogP contribution in [-0.2, 0) is 4.79 Å². The van der Waals surface area contributed by atoms with E-state index in [1.165, 1.54) is 6.07 Å². The molecule has 0 unspecified atom stereocenters. The maximum Gasteiger partial charge on any atom is 0.321 e. The van der Waals surface area contributed by atoms with Gasteiger partial charge in [0.2, 0.25) is 0 Å². The number of aliphatic carboxylic acids is 1. The van der Waals surface area contributed by atoms with Gasteiger partial charge in [-0.3, -0.25) is 19.7 Å². The second-order valence-corrected chi connectivity index (χ2v) is 3.50. The average Bonchev–Trinajstić information content (AvgIpc) is 2.26. The molecular formula is C10H10N2O6. The third-order valence-corrected chi connectivity index (χ3v) is 2.19. The predicted octanol–water partition coefficient (Wildman–Crippen LogP) is 0.285. The van der Waals surface area contributed by atoms with E-state index < -0.39 is 46.1 Å². The molecule has 8 heteroatoms. The molecule has 0 aliphatic rings. The highest BCUT2D eigenvalue weighted by molar-refractivity contribution is 6.05. The minimum absolute atomic E-state index is 0.409. The average molecular weight is 254 g/mol. The van der Waals surface area contributed by atoms with E-state index in [0.29, 0.717) is 0 Å². The summed E-state index contributed by atoms with van der Waals surface area (Å²) in [6, 6.07) is 2.01. The summed E-state index contributed by atoms with van der Waals surface area (Å²) in [4.78, 5) is 32.0. The zero-order valence-corrected chi connectivity index (χ0v) is 9.07. The molecule has 18 heavy (non-hydrogen) atoms. The van der Waals surface area contributed by atoms with Crippen LogP contribution in [0, 0.1) is 10.1 Å². The van der Waals surface area contributed by atoms with Gasteiger partial charge in [0.1, 0.15) is 5.56 Å². The number of hydrogen-bond acceptors (Lipinski definition) is 6. The van der Waals surface area contributed by atoms with E-state index >= 15 is 0 Å². The smallest absolute Gasteiger partial charge is 0.321 e. The number of nitro groups is 1. The van der Waals surface area contributed by atoms with Crippen molar-refractivity contribution in [3.63, 3.8) is 0 Å². The van der Waals surface area contributed by atoms with Gasteiger partial charge in [0.25, 0.3) is 0 Å². The van der Waals surface area contributed by atoms with Gasteiger partial charge in [-0.2, -0.15) is 0 Å². The van der Waals surface area contributed by atoms with Gasteiger partial charge < -0.3 is 15.9 Å². The zero-order chi connectivity index (χ0) is 13.9. The standard InChI is InChI=1S/C10H10N2O6/c11-6(4-8(14)15)10(16)5-2-1-3-7(13)9(5)12(17)18/h1-3,6,13H,4,11H2,(H,14,15)/t6-/m0/s1. The Kier molecular flexibility index (Phi) is 3.95. The van der Waals surface area contributed by atoms with E-state index in [1.807, 2.05) is 0 Å². The number of aromatic hydroxyl groups is 1. The van der Waals surface area contributed by atoms with E-state index in [2.05, 4.69) is 0 Å². The molecule has 0 radical (unpaired) electrons. The Bertz CT molecular complexity index is 513. The van der Waals surface area contributed by atoms with Crippen LogP contribution in [0.5, 0.6) is 5.75 Å². The lowest BCUT2D eigenvalue weighted by Crippen LogP contribution is -2.33. The number of phenols is 1. The molecule has 0 spiro atoms. The lowest BCUT2D eigenvalue weighted by atomic mass is 10.0. The predicted molar refractivity (Wildman–Crippen MR) is 59.3 cm³/mol. The summed E-state index contributed by atoms with van der Waals surface area (Å²) in [7, 11) is 0. The number of carbonyl (C=O) groups excluding carboxylic acids is 1. The number of nitrogens with two attached hydrogens (primary N) is 1. The molecule has 0 amide bonds. The molecule has 1 aromatic carbocycles. The molecule has 0 aromatic heterocycles. The van der Waals surface area contributed by atoms with Gasteiger partial charge in [-0.05, 0) is 12.1 Å². The van der Waals surface area contributed by atoms with E-state index in [9.17, 15) is 24.8 Å². The molecule has 96 valence electrons. The number of benzene rings is 1. The number of nitro benzene ring substituents is 1. The van der Waals surface area contributed by atoms with Crippen molar-refractivity contribution in [2.45, 2.75) is 12.5 Å². The van der Waals surface area contributed by atoms with Gasteiger partial charge in [0.15, 0.2) is 11.5 Å². The molecule has 8 nitrogen and oxygen atoms in total. The first-order valence-corrected chi connectivity index (χ1v) is 4.82. The maximum absolute atomic E-state index is 11.8. The number of para-hydroxylation sites is 1. The molecule has 4 N–H and O–H groups in total. The second kappa shape index (κ2) is 5.23. The largest absolute Gasteiger partial charge is 0.502 e. The number of Topliss-reactive ketones (excluding diaryl/α,β-unsaturated/α-hetero) is 1. The molecule has 1 atom stereocenters. The first-order chi connectivity index (χ1) is 8.34. The molecule has 0 heterocycles. The topological polar surface area (TPSA) is 144 Å². The number of hydrogen-bond donors (Lipinski definition) is 3. The van der Waals surface area contributed by atoms with Crippen LogP contribution in [0.4, 0.5) is 5.69 Å². The number of rotatable bonds is 5. The lowest BCUT2D eigenvalue weighted by molar-refractivity contribution is -0.386. The van der Waals surface area contributed by atoms with Gasteiger partial charge in [0, 0.05) is 0 Å². The molecule has 0 aliphatic carbocycles. The van der Waals surface area contributed by atoms with Crippen LogP contribution in [-0.4, -0.2) is 32.9 Å². The summed E-state index contributed by atoms with van der Waals surface area (Å²) >= 11 is 0. The Morgan fingerprint density at radius 3 is 2.56 bits per heavy atom. The van der Waals surface area contributed by atoms with Crippen molar-refractivity contribution in [1.29, 1.82) is 0 Å². The number of carbonyl (C=O) groups is 2. The van der Waals surface area contributed by atoms with Crippen LogP contribution in [0.1, 0.15) is 16.8 Å². The summed E-state index contributed by atoms with van der Waals surface area (Å²) in [6.07, 6.45) is -0.647. The highest BCUT2D eigenvalue weighted by atomic mass is 16.6. The molecule has 0 fully saturated rings. The number of phenolic OH excluding ortho intramolecular Hbond substituents is 1. The van der Waals surface area contributed by atoms with Crippen LogP contribution in [0.2, 0.25) is 0 Å². The van der Waals surface area contributed by atoms with Crippen molar-refractivity contribution >= 4 is 17.4 Å². The van der Waals surface area contributed by atoms with E-state index in [4.69, 9.17) is 10.8 Å². The fraction of sp³-hybridized carbons (Fsp3) is 0.200. The minimum atomic E-state index is -1.40. The Morgan fingerprint density at radius 1 is 1.44 bits per heavy atom. The van der Waals surface area contributed by atoms with Crippen molar-refractivity contribution in [1.82, 2.24) is 0 Å². The normalized spacial score (nSPS) is 11.8. The van der Waals surface area contributed by atoms with E-state index in [1.54, 1.807) is 0 Å². The minimum Gasteiger partial charge on any atom is -0.502 e. The van der Waals surface area contributed by atoms with Crippen LogP contribution in [0.15, 0.2) is 18.2 Å². The quantitative estimate of drug-likeness (QED) is 0.389. The fourth-order valence-electron chi connectivity index (χ4n) is 1.40. The lowest BCUT2D eigenvalue weighted by Gasteiger charge is -2.08. The summed E-state index contributed by atoms with van der Waals surface area (Å²) < 4.78 is 0. The van der Waals surface area contributed by atoms with Crippen molar-refractivity contribution in [3.8, 4) is 5.75 Å². The van der Waals surface area contributed by atoms with Crippen molar-refractivity contribution in [2.75, 3.05) is 0 Å². The molecule has 0 bridgehead atoms.